The summed E-state index contributed by atoms with van der Waals surface area (Å²) in [5, 5.41) is 14.3. The maximum Gasteiger partial charge on any atom is 0.326 e. The van der Waals surface area contributed by atoms with Crippen LogP contribution < -0.4 is 10.6 Å². The van der Waals surface area contributed by atoms with Gasteiger partial charge in [0.25, 0.3) is 5.91 Å². The first-order valence-electron chi connectivity index (χ1n) is 7.55. The predicted molar refractivity (Wildman–Crippen MR) is 87.0 cm³/mol. The van der Waals surface area contributed by atoms with Crippen molar-refractivity contribution in [1.29, 1.82) is 0 Å². The molecule has 0 aliphatic rings. The fourth-order valence-corrected chi connectivity index (χ4v) is 2.03. The molecule has 0 bridgehead atoms. The molecule has 0 aliphatic carbocycles. The van der Waals surface area contributed by atoms with Crippen LogP contribution in [0.2, 0.25) is 0 Å². The molecule has 0 spiro atoms. The molecule has 3 N–H and O–H groups in total. The Balaban J connectivity index is 2.76. The van der Waals surface area contributed by atoms with Crippen molar-refractivity contribution in [2.24, 2.45) is 5.92 Å². The molecule has 6 nitrogen and oxygen atoms in total. The van der Waals surface area contributed by atoms with Gasteiger partial charge in [0, 0.05) is 5.56 Å². The lowest BCUT2D eigenvalue weighted by atomic mass is 9.99. The summed E-state index contributed by atoms with van der Waals surface area (Å²) in [6, 6.07) is 7.55. The molecule has 6 heteroatoms. The molecular formula is C17H24N2O4. The Morgan fingerprint density at radius 2 is 1.70 bits per heavy atom. The lowest BCUT2D eigenvalue weighted by Gasteiger charge is -2.27. The lowest BCUT2D eigenvalue weighted by molar-refractivity contribution is -0.143. The Bertz CT molecular complexity index is 567. The van der Waals surface area contributed by atoms with Crippen LogP contribution in [0.3, 0.4) is 0 Å². The van der Waals surface area contributed by atoms with Crippen molar-refractivity contribution in [3.8, 4) is 0 Å². The number of carboxylic acids is 1. The molecule has 126 valence electrons. The Kier molecular flexibility index (Phi) is 6.30. The van der Waals surface area contributed by atoms with Gasteiger partial charge in [-0.25, -0.2) is 4.79 Å². The number of nitrogens with one attached hydrogen (secondary N) is 2. The predicted octanol–water partition coefficient (Wildman–Crippen LogP) is 1.81. The molecule has 1 aromatic carbocycles. The van der Waals surface area contributed by atoms with Gasteiger partial charge in [0.1, 0.15) is 11.6 Å². The van der Waals surface area contributed by atoms with Gasteiger partial charge < -0.3 is 15.7 Å². The van der Waals surface area contributed by atoms with Crippen molar-refractivity contribution in [1.82, 2.24) is 10.6 Å². The largest absolute Gasteiger partial charge is 0.480 e. The monoisotopic (exact) mass is 320 g/mol. The highest BCUT2D eigenvalue weighted by molar-refractivity contribution is 5.99. The van der Waals surface area contributed by atoms with Gasteiger partial charge in [-0.15, -0.1) is 0 Å². The van der Waals surface area contributed by atoms with Gasteiger partial charge in [0.2, 0.25) is 5.91 Å². The second-order valence-electron chi connectivity index (χ2n) is 6.44. The van der Waals surface area contributed by atoms with Crippen LogP contribution in [0.25, 0.3) is 0 Å². The van der Waals surface area contributed by atoms with E-state index in [0.29, 0.717) is 12.0 Å². The minimum Gasteiger partial charge on any atom is -0.480 e. The maximum absolute atomic E-state index is 12.3. The molecule has 23 heavy (non-hydrogen) atoms. The average molecular weight is 320 g/mol. The maximum atomic E-state index is 12.3. The molecular weight excluding hydrogens is 296 g/mol. The van der Waals surface area contributed by atoms with Crippen LogP contribution >= 0.6 is 0 Å². The smallest absolute Gasteiger partial charge is 0.326 e. The van der Waals surface area contributed by atoms with E-state index in [1.54, 1.807) is 30.3 Å². The minimum atomic E-state index is -1.22. The Morgan fingerprint density at radius 3 is 2.17 bits per heavy atom. The number of benzene rings is 1. The van der Waals surface area contributed by atoms with Crippen LogP contribution in [0.1, 0.15) is 44.5 Å². The number of carbonyl (C=O) groups excluding carboxylic acids is 2. The van der Waals surface area contributed by atoms with Gasteiger partial charge in [0.15, 0.2) is 0 Å². The van der Waals surface area contributed by atoms with Gasteiger partial charge in [-0.05, 0) is 38.3 Å². The van der Waals surface area contributed by atoms with Gasteiger partial charge in [-0.1, -0.05) is 32.0 Å². The first-order valence-corrected chi connectivity index (χ1v) is 7.55. The van der Waals surface area contributed by atoms with Gasteiger partial charge in [0.05, 0.1) is 0 Å². The average Bonchev–Trinajstić information content (AvgIpc) is 2.46. The SMILES string of the molecule is CC(C)C[C@@H](NC(=O)C(C)(C)NC(=O)c1ccccc1)C(=O)O. The van der Waals surface area contributed by atoms with Crippen molar-refractivity contribution in [2.45, 2.75) is 45.7 Å². The standard InChI is InChI=1S/C17H24N2O4/c1-11(2)10-13(15(21)22)18-16(23)17(3,4)19-14(20)12-8-6-5-7-9-12/h5-9,11,13H,10H2,1-4H3,(H,18,23)(H,19,20)(H,21,22)/t13-/m1/s1. The third kappa shape index (κ3) is 5.73. The normalized spacial score (nSPS) is 12.6. The molecule has 0 aromatic heterocycles. The molecule has 0 aliphatic heterocycles. The summed E-state index contributed by atoms with van der Waals surface area (Å²) in [6.45, 7) is 6.84. The van der Waals surface area contributed by atoms with E-state index >= 15 is 0 Å². The van der Waals surface area contributed by atoms with Crippen LogP contribution in [0.4, 0.5) is 0 Å². The first-order chi connectivity index (χ1) is 10.6. The van der Waals surface area contributed by atoms with Crippen molar-refractivity contribution in [3.63, 3.8) is 0 Å². The molecule has 1 aromatic rings. The number of hydrogen-bond donors (Lipinski definition) is 3. The first kappa shape index (κ1) is 18.7. The summed E-state index contributed by atoms with van der Waals surface area (Å²) >= 11 is 0. The van der Waals surface area contributed by atoms with Crippen LogP contribution in [-0.4, -0.2) is 34.5 Å². The summed E-state index contributed by atoms with van der Waals surface area (Å²) in [6.07, 6.45) is 0.323. The van der Waals surface area contributed by atoms with Gasteiger partial charge in [-0.3, -0.25) is 9.59 Å². The molecule has 2 amide bonds. The van der Waals surface area contributed by atoms with E-state index in [0.717, 1.165) is 0 Å². The van der Waals surface area contributed by atoms with E-state index in [1.807, 2.05) is 13.8 Å². The molecule has 0 saturated heterocycles. The zero-order chi connectivity index (χ0) is 17.6. The third-order valence-electron chi connectivity index (χ3n) is 3.34. The summed E-state index contributed by atoms with van der Waals surface area (Å²) < 4.78 is 0. The number of aliphatic carboxylic acids is 1. The van der Waals surface area contributed by atoms with Gasteiger partial charge >= 0.3 is 5.97 Å². The molecule has 1 atom stereocenters. The van der Waals surface area contributed by atoms with Crippen LogP contribution in [0.15, 0.2) is 30.3 Å². The molecule has 0 fully saturated rings. The Labute approximate surface area is 136 Å². The van der Waals surface area contributed by atoms with E-state index in [1.165, 1.54) is 13.8 Å². The fraction of sp³-hybridized carbons (Fsp3) is 0.471. The Morgan fingerprint density at radius 1 is 1.13 bits per heavy atom. The lowest BCUT2D eigenvalue weighted by Crippen LogP contribution is -2.58. The second-order valence-corrected chi connectivity index (χ2v) is 6.44. The number of carbonyl (C=O) groups is 3. The van der Waals surface area contributed by atoms with E-state index < -0.39 is 23.5 Å². The topological polar surface area (TPSA) is 95.5 Å². The molecule has 0 heterocycles. The highest BCUT2D eigenvalue weighted by Crippen LogP contribution is 2.10. The van der Waals surface area contributed by atoms with E-state index in [4.69, 9.17) is 0 Å². The quantitative estimate of drug-likeness (QED) is 0.714. The minimum absolute atomic E-state index is 0.124. The van der Waals surface area contributed by atoms with Crippen LogP contribution in [-0.2, 0) is 9.59 Å². The number of hydrogen-bond acceptors (Lipinski definition) is 3. The summed E-state index contributed by atoms with van der Waals surface area (Å²) in [5.74, 6) is -1.88. The molecule has 0 saturated carbocycles. The van der Waals surface area contributed by atoms with Crippen molar-refractivity contribution >= 4 is 17.8 Å². The van der Waals surface area contributed by atoms with Crippen molar-refractivity contribution in [3.05, 3.63) is 35.9 Å². The zero-order valence-electron chi connectivity index (χ0n) is 13.9. The van der Waals surface area contributed by atoms with Crippen LogP contribution in [0.5, 0.6) is 0 Å². The summed E-state index contributed by atoms with van der Waals surface area (Å²) in [7, 11) is 0. The highest BCUT2D eigenvalue weighted by atomic mass is 16.4. The van der Waals surface area contributed by atoms with Crippen molar-refractivity contribution < 1.29 is 19.5 Å². The molecule has 0 unspecified atom stereocenters. The summed E-state index contributed by atoms with van der Waals surface area (Å²) in [5.41, 5.74) is -0.789. The Hall–Kier alpha value is -2.37. The molecule has 1 rings (SSSR count). The molecule has 0 radical (unpaired) electrons. The van der Waals surface area contributed by atoms with E-state index in [2.05, 4.69) is 10.6 Å². The number of rotatable bonds is 7. The van der Waals surface area contributed by atoms with Crippen molar-refractivity contribution in [2.75, 3.05) is 0 Å². The number of amides is 2. The zero-order valence-corrected chi connectivity index (χ0v) is 13.9. The third-order valence-corrected chi connectivity index (χ3v) is 3.34. The second kappa shape index (κ2) is 7.76. The number of carboxylic acid groups (broad SMARTS) is 1. The highest BCUT2D eigenvalue weighted by Gasteiger charge is 2.33. The fourth-order valence-electron chi connectivity index (χ4n) is 2.03. The van der Waals surface area contributed by atoms with E-state index in [-0.39, 0.29) is 11.8 Å². The van der Waals surface area contributed by atoms with E-state index in [9.17, 15) is 19.5 Å². The van der Waals surface area contributed by atoms with Crippen LogP contribution in [0, 0.1) is 5.92 Å². The summed E-state index contributed by atoms with van der Waals surface area (Å²) in [4.78, 5) is 35.7. The van der Waals surface area contributed by atoms with Gasteiger partial charge in [-0.2, -0.15) is 0 Å².